The Bertz CT molecular complexity index is 625. The molecule has 4 aliphatic rings. The highest BCUT2D eigenvalue weighted by Crippen LogP contribution is 2.64. The number of fused-ring (bicyclic) bond motifs is 5. The summed E-state index contributed by atoms with van der Waals surface area (Å²) in [7, 11) is 0. The molecule has 0 aliphatic heterocycles. The number of hydrogen-bond donors (Lipinski definition) is 0. The Morgan fingerprint density at radius 2 is 1.84 bits per heavy atom. The van der Waals surface area contributed by atoms with E-state index in [0.29, 0.717) is 48.6 Å². The second-order valence-corrected chi connectivity index (χ2v) is 9.53. The van der Waals surface area contributed by atoms with E-state index in [-0.39, 0.29) is 28.8 Å². The Hall–Kier alpha value is -1.19. The molecule has 0 heterocycles. The molecule has 0 bridgehead atoms. The van der Waals surface area contributed by atoms with Crippen LogP contribution in [-0.2, 0) is 19.1 Å². The van der Waals surface area contributed by atoms with Gasteiger partial charge in [0.25, 0.3) is 0 Å². The molecule has 0 N–H and O–H groups in total. The first-order valence-corrected chi connectivity index (χ1v) is 9.99. The first kappa shape index (κ1) is 17.2. The smallest absolute Gasteiger partial charge is 0.302 e. The largest absolute Gasteiger partial charge is 0.463 e. The fraction of sp³-hybridized carbons (Fsp3) is 0.857. The molecule has 0 aromatic heterocycles. The summed E-state index contributed by atoms with van der Waals surface area (Å²) in [6.45, 7) is 5.90. The van der Waals surface area contributed by atoms with Crippen LogP contribution < -0.4 is 0 Å². The molecule has 4 nitrogen and oxygen atoms in total. The molecule has 0 spiro atoms. The molecule has 0 aromatic rings. The standard InChI is InChI=1S/C21H30O4/c1-12(22)25-13-6-8-20(2)16-7-9-21(3)15(4-5-19(21)24)14(16)11-18(23)17(20)10-13/h13-17H,4-11H2,1-3H3/t13-,14+,15+,16+,17?,20-,21+/m1/s1. The maximum absolute atomic E-state index is 13.1. The van der Waals surface area contributed by atoms with E-state index in [4.69, 9.17) is 4.74 Å². The van der Waals surface area contributed by atoms with Gasteiger partial charge >= 0.3 is 5.97 Å². The molecule has 1 unspecified atom stereocenters. The third-order valence-electron chi connectivity index (χ3n) is 8.45. The summed E-state index contributed by atoms with van der Waals surface area (Å²) < 4.78 is 5.43. The third kappa shape index (κ3) is 2.43. The molecule has 4 aliphatic carbocycles. The van der Waals surface area contributed by atoms with Crippen molar-refractivity contribution < 1.29 is 19.1 Å². The zero-order chi connectivity index (χ0) is 18.0. The molecule has 25 heavy (non-hydrogen) atoms. The lowest BCUT2D eigenvalue weighted by molar-refractivity contribution is -0.168. The topological polar surface area (TPSA) is 60.4 Å². The molecule has 4 rings (SSSR count). The van der Waals surface area contributed by atoms with E-state index < -0.39 is 0 Å². The zero-order valence-corrected chi connectivity index (χ0v) is 15.7. The highest BCUT2D eigenvalue weighted by atomic mass is 16.5. The minimum absolute atomic E-state index is 0.0175. The van der Waals surface area contributed by atoms with Crippen LogP contribution in [0.15, 0.2) is 0 Å². The van der Waals surface area contributed by atoms with Crippen molar-refractivity contribution in [2.24, 2.45) is 34.5 Å². The van der Waals surface area contributed by atoms with Gasteiger partial charge in [-0.2, -0.15) is 0 Å². The fourth-order valence-corrected chi connectivity index (χ4v) is 7.12. The molecule has 0 saturated heterocycles. The Morgan fingerprint density at radius 1 is 1.08 bits per heavy atom. The van der Waals surface area contributed by atoms with E-state index in [9.17, 15) is 14.4 Å². The van der Waals surface area contributed by atoms with Crippen LogP contribution in [0.25, 0.3) is 0 Å². The minimum Gasteiger partial charge on any atom is -0.463 e. The van der Waals surface area contributed by atoms with Crippen LogP contribution in [0.3, 0.4) is 0 Å². The van der Waals surface area contributed by atoms with Gasteiger partial charge in [0.05, 0.1) is 0 Å². The number of Topliss-reactive ketones (excluding diaryl/α,β-unsaturated/α-hetero) is 2. The number of ether oxygens (including phenoxy) is 1. The molecule has 138 valence electrons. The lowest BCUT2D eigenvalue weighted by Crippen LogP contribution is -2.57. The Morgan fingerprint density at radius 3 is 2.56 bits per heavy atom. The number of ketones is 2. The van der Waals surface area contributed by atoms with Crippen molar-refractivity contribution in [3.8, 4) is 0 Å². The maximum Gasteiger partial charge on any atom is 0.302 e. The molecule has 7 atom stereocenters. The van der Waals surface area contributed by atoms with E-state index >= 15 is 0 Å². The third-order valence-corrected chi connectivity index (χ3v) is 8.45. The number of hydrogen-bond acceptors (Lipinski definition) is 4. The molecule has 4 heteroatoms. The highest BCUT2D eigenvalue weighted by molar-refractivity contribution is 5.88. The molecule has 4 saturated carbocycles. The predicted molar refractivity (Wildman–Crippen MR) is 92.7 cm³/mol. The number of carbonyl (C=O) groups is 3. The Labute approximate surface area is 150 Å². The second kappa shape index (κ2) is 5.65. The summed E-state index contributed by atoms with van der Waals surface area (Å²) in [5.41, 5.74) is -0.163. The molecular formula is C21H30O4. The highest BCUT2D eigenvalue weighted by Gasteiger charge is 2.62. The summed E-state index contributed by atoms with van der Waals surface area (Å²) in [5, 5.41) is 0. The second-order valence-electron chi connectivity index (χ2n) is 9.53. The number of esters is 1. The van der Waals surface area contributed by atoms with Crippen LogP contribution in [0.4, 0.5) is 0 Å². The van der Waals surface area contributed by atoms with Gasteiger partial charge in [-0.1, -0.05) is 13.8 Å². The summed E-state index contributed by atoms with van der Waals surface area (Å²) in [6, 6.07) is 0. The SMILES string of the molecule is CC(=O)O[C@@H]1CC[C@@]2(C)C(C1)C(=O)C[C@@H]1[C@@H]2CC[C@]2(C)C(=O)CC[C@@H]12. The van der Waals surface area contributed by atoms with Gasteiger partial charge in [-0.25, -0.2) is 0 Å². The van der Waals surface area contributed by atoms with Gasteiger partial charge in [-0.05, 0) is 61.7 Å². The van der Waals surface area contributed by atoms with Crippen molar-refractivity contribution in [2.75, 3.05) is 0 Å². The van der Waals surface area contributed by atoms with Crippen LogP contribution in [-0.4, -0.2) is 23.6 Å². The van der Waals surface area contributed by atoms with Crippen molar-refractivity contribution in [3.63, 3.8) is 0 Å². The van der Waals surface area contributed by atoms with Crippen LogP contribution in [0, 0.1) is 34.5 Å². The van der Waals surface area contributed by atoms with Gasteiger partial charge in [-0.3, -0.25) is 14.4 Å². The molecule has 0 aromatic carbocycles. The van der Waals surface area contributed by atoms with E-state index in [0.717, 1.165) is 32.1 Å². The number of rotatable bonds is 1. The van der Waals surface area contributed by atoms with Gasteiger partial charge in [0, 0.05) is 31.1 Å². The van der Waals surface area contributed by atoms with E-state index in [1.54, 1.807) is 0 Å². The predicted octanol–water partition coefficient (Wildman–Crippen LogP) is 3.71. The first-order valence-electron chi connectivity index (χ1n) is 9.99. The lowest BCUT2D eigenvalue weighted by Gasteiger charge is -2.59. The van der Waals surface area contributed by atoms with Crippen molar-refractivity contribution in [1.29, 1.82) is 0 Å². The van der Waals surface area contributed by atoms with Crippen LogP contribution in [0.2, 0.25) is 0 Å². The van der Waals surface area contributed by atoms with Gasteiger partial charge in [-0.15, -0.1) is 0 Å². The lowest BCUT2D eigenvalue weighted by atomic mass is 9.45. The van der Waals surface area contributed by atoms with Crippen molar-refractivity contribution >= 4 is 17.5 Å². The van der Waals surface area contributed by atoms with Gasteiger partial charge in [0.2, 0.25) is 0 Å². The molecule has 4 fully saturated rings. The fourth-order valence-electron chi connectivity index (χ4n) is 7.12. The van der Waals surface area contributed by atoms with Gasteiger partial charge < -0.3 is 4.74 Å². The summed E-state index contributed by atoms with van der Waals surface area (Å²) in [5.74, 6) is 1.87. The van der Waals surface area contributed by atoms with Crippen LogP contribution in [0.1, 0.15) is 72.1 Å². The van der Waals surface area contributed by atoms with E-state index in [1.165, 1.54) is 6.92 Å². The average molecular weight is 346 g/mol. The van der Waals surface area contributed by atoms with E-state index in [1.807, 2.05) is 0 Å². The maximum atomic E-state index is 13.1. The van der Waals surface area contributed by atoms with Crippen molar-refractivity contribution in [3.05, 3.63) is 0 Å². The molecule has 0 amide bonds. The van der Waals surface area contributed by atoms with E-state index in [2.05, 4.69) is 13.8 Å². The normalized spacial score (nSPS) is 49.2. The summed E-state index contributed by atoms with van der Waals surface area (Å²) in [6.07, 6.45) is 6.78. The molecule has 0 radical (unpaired) electrons. The minimum atomic E-state index is -0.243. The van der Waals surface area contributed by atoms with Crippen molar-refractivity contribution in [1.82, 2.24) is 0 Å². The average Bonchev–Trinajstić information content (AvgIpc) is 2.84. The van der Waals surface area contributed by atoms with Crippen molar-refractivity contribution in [2.45, 2.75) is 78.2 Å². The monoisotopic (exact) mass is 346 g/mol. The zero-order valence-electron chi connectivity index (χ0n) is 15.7. The summed E-state index contributed by atoms with van der Waals surface area (Å²) >= 11 is 0. The number of carbonyl (C=O) groups excluding carboxylic acids is 3. The van der Waals surface area contributed by atoms with Gasteiger partial charge in [0.15, 0.2) is 0 Å². The Kier molecular flexibility index (Phi) is 3.90. The first-order chi connectivity index (χ1) is 11.8. The molecular weight excluding hydrogens is 316 g/mol. The van der Waals surface area contributed by atoms with Gasteiger partial charge in [0.1, 0.15) is 17.7 Å². The van der Waals surface area contributed by atoms with Crippen LogP contribution in [0.5, 0.6) is 0 Å². The van der Waals surface area contributed by atoms with Crippen LogP contribution >= 0.6 is 0 Å². The quantitative estimate of drug-likeness (QED) is 0.679. The Balaban J connectivity index is 1.60. The summed E-state index contributed by atoms with van der Waals surface area (Å²) in [4.78, 5) is 36.8.